The van der Waals surface area contributed by atoms with Gasteiger partial charge in [-0.25, -0.2) is 0 Å². The highest BCUT2D eigenvalue weighted by molar-refractivity contribution is 5.52. The average molecular weight is 288 g/mol. The van der Waals surface area contributed by atoms with Crippen molar-refractivity contribution < 1.29 is 4.74 Å². The maximum atomic E-state index is 5.19. The van der Waals surface area contributed by atoms with E-state index in [0.29, 0.717) is 6.04 Å². The van der Waals surface area contributed by atoms with Crippen LogP contribution < -0.4 is 0 Å². The van der Waals surface area contributed by atoms with Crippen molar-refractivity contribution in [1.29, 1.82) is 0 Å². The Bertz CT molecular complexity index is 444. The van der Waals surface area contributed by atoms with Gasteiger partial charge in [-0.3, -0.25) is 9.80 Å². The van der Waals surface area contributed by atoms with E-state index in [0.717, 1.165) is 39.3 Å². The van der Waals surface area contributed by atoms with Gasteiger partial charge in [0.05, 0.1) is 6.61 Å². The normalized spacial score (nSPS) is 21.7. The van der Waals surface area contributed by atoms with Crippen LogP contribution in [0.3, 0.4) is 0 Å². The zero-order valence-corrected chi connectivity index (χ0v) is 13.6. The van der Waals surface area contributed by atoms with Crippen LogP contribution in [0.25, 0.3) is 6.08 Å². The summed E-state index contributed by atoms with van der Waals surface area (Å²) in [6, 6.07) is 11.2. The van der Waals surface area contributed by atoms with E-state index in [2.05, 4.69) is 60.1 Å². The maximum absolute atomic E-state index is 5.19. The lowest BCUT2D eigenvalue weighted by Crippen LogP contribution is -2.52. The second kappa shape index (κ2) is 8.32. The molecule has 0 spiro atoms. The Morgan fingerprint density at radius 2 is 2.05 bits per heavy atom. The van der Waals surface area contributed by atoms with E-state index in [1.165, 1.54) is 11.1 Å². The van der Waals surface area contributed by atoms with Crippen molar-refractivity contribution in [3.63, 3.8) is 0 Å². The summed E-state index contributed by atoms with van der Waals surface area (Å²) < 4.78 is 5.19. The van der Waals surface area contributed by atoms with Gasteiger partial charge in [-0.05, 0) is 19.4 Å². The minimum absolute atomic E-state index is 0.610. The summed E-state index contributed by atoms with van der Waals surface area (Å²) in [5, 5.41) is 0. The molecule has 2 rings (SSSR count). The minimum Gasteiger partial charge on any atom is -0.383 e. The van der Waals surface area contributed by atoms with Crippen LogP contribution in [0.1, 0.15) is 19.4 Å². The molecule has 0 bridgehead atoms. The van der Waals surface area contributed by atoms with E-state index in [-0.39, 0.29) is 0 Å². The van der Waals surface area contributed by atoms with Crippen molar-refractivity contribution in [2.75, 3.05) is 46.4 Å². The van der Waals surface area contributed by atoms with E-state index < -0.39 is 0 Å². The van der Waals surface area contributed by atoms with Gasteiger partial charge in [-0.1, -0.05) is 42.0 Å². The molecule has 1 aromatic carbocycles. The lowest BCUT2D eigenvalue weighted by molar-refractivity contribution is 0.0631. The Hall–Kier alpha value is -1.16. The summed E-state index contributed by atoms with van der Waals surface area (Å²) in [6.07, 6.45) is 2.29. The van der Waals surface area contributed by atoms with Crippen LogP contribution >= 0.6 is 0 Å². The summed E-state index contributed by atoms with van der Waals surface area (Å²) in [5.41, 5.74) is 2.72. The Morgan fingerprint density at radius 3 is 2.71 bits per heavy atom. The molecule has 1 saturated heterocycles. The molecule has 21 heavy (non-hydrogen) atoms. The molecule has 1 heterocycles. The Kier molecular flexibility index (Phi) is 6.43. The van der Waals surface area contributed by atoms with Crippen molar-refractivity contribution in [1.82, 2.24) is 9.80 Å². The van der Waals surface area contributed by atoms with Gasteiger partial charge in [0, 0.05) is 45.9 Å². The van der Waals surface area contributed by atoms with Gasteiger partial charge < -0.3 is 4.74 Å². The fraction of sp³-hybridized carbons (Fsp3) is 0.556. The third kappa shape index (κ3) is 5.27. The van der Waals surface area contributed by atoms with Crippen molar-refractivity contribution in [3.8, 4) is 0 Å². The van der Waals surface area contributed by atoms with Crippen LogP contribution in [0, 0.1) is 0 Å². The van der Waals surface area contributed by atoms with E-state index >= 15 is 0 Å². The van der Waals surface area contributed by atoms with Crippen LogP contribution in [0.15, 0.2) is 35.9 Å². The first-order valence-corrected chi connectivity index (χ1v) is 7.86. The molecule has 116 valence electrons. The zero-order valence-electron chi connectivity index (χ0n) is 13.6. The quantitative estimate of drug-likeness (QED) is 0.800. The molecule has 1 aliphatic rings. The van der Waals surface area contributed by atoms with Gasteiger partial charge in [-0.2, -0.15) is 0 Å². The molecule has 0 radical (unpaired) electrons. The summed E-state index contributed by atoms with van der Waals surface area (Å²) in [7, 11) is 1.78. The second-order valence-electron chi connectivity index (χ2n) is 6.01. The molecule has 1 atom stereocenters. The molecular weight excluding hydrogens is 260 g/mol. The van der Waals surface area contributed by atoms with E-state index in [1.807, 2.05) is 0 Å². The third-order valence-electron chi connectivity index (χ3n) is 4.12. The van der Waals surface area contributed by atoms with Crippen LogP contribution in [-0.2, 0) is 4.74 Å². The van der Waals surface area contributed by atoms with Gasteiger partial charge in [0.1, 0.15) is 0 Å². The lowest BCUT2D eigenvalue weighted by Gasteiger charge is -2.39. The SMILES string of the molecule is COCCN1CCN(CC(C)=Cc2ccccc2)CC1C. The number of hydrogen-bond donors (Lipinski definition) is 0. The van der Waals surface area contributed by atoms with Crippen molar-refractivity contribution in [2.24, 2.45) is 0 Å². The number of rotatable bonds is 6. The third-order valence-corrected chi connectivity index (χ3v) is 4.12. The fourth-order valence-electron chi connectivity index (χ4n) is 2.99. The summed E-state index contributed by atoms with van der Waals surface area (Å²) in [5.74, 6) is 0. The zero-order chi connectivity index (χ0) is 15.1. The number of nitrogens with zero attached hydrogens (tertiary/aromatic N) is 2. The Morgan fingerprint density at radius 1 is 1.29 bits per heavy atom. The molecule has 0 N–H and O–H groups in total. The molecule has 1 aromatic rings. The smallest absolute Gasteiger partial charge is 0.0589 e. The van der Waals surface area contributed by atoms with E-state index in [9.17, 15) is 0 Å². The predicted octanol–water partition coefficient (Wildman–Crippen LogP) is 2.74. The molecule has 1 aliphatic heterocycles. The molecule has 0 aliphatic carbocycles. The number of methoxy groups -OCH3 is 1. The van der Waals surface area contributed by atoms with Crippen LogP contribution in [0.4, 0.5) is 0 Å². The molecule has 1 unspecified atom stereocenters. The van der Waals surface area contributed by atoms with Crippen LogP contribution in [0.5, 0.6) is 0 Å². The van der Waals surface area contributed by atoms with Gasteiger partial charge in [0.25, 0.3) is 0 Å². The topological polar surface area (TPSA) is 15.7 Å². The summed E-state index contributed by atoms with van der Waals surface area (Å²) >= 11 is 0. The second-order valence-corrected chi connectivity index (χ2v) is 6.01. The fourth-order valence-corrected chi connectivity index (χ4v) is 2.99. The molecule has 1 fully saturated rings. The maximum Gasteiger partial charge on any atom is 0.0589 e. The van der Waals surface area contributed by atoms with Gasteiger partial charge >= 0.3 is 0 Å². The highest BCUT2D eigenvalue weighted by Crippen LogP contribution is 2.13. The first-order valence-electron chi connectivity index (χ1n) is 7.86. The number of ether oxygens (including phenoxy) is 1. The summed E-state index contributed by atoms with van der Waals surface area (Å²) in [4.78, 5) is 5.08. The Balaban J connectivity index is 1.83. The molecular formula is C18H28N2O. The molecule has 0 amide bonds. The molecule has 3 nitrogen and oxygen atoms in total. The predicted molar refractivity (Wildman–Crippen MR) is 89.4 cm³/mol. The van der Waals surface area contributed by atoms with Gasteiger partial charge in [0.2, 0.25) is 0 Å². The standard InChI is InChI=1S/C18H28N2O/c1-16(13-18-7-5-4-6-8-18)14-19-9-10-20(11-12-21-3)17(2)15-19/h4-8,13,17H,9-12,14-15H2,1-3H3. The van der Waals surface area contributed by atoms with Gasteiger partial charge in [0.15, 0.2) is 0 Å². The summed E-state index contributed by atoms with van der Waals surface area (Å²) in [6.45, 7) is 10.9. The van der Waals surface area contributed by atoms with E-state index in [4.69, 9.17) is 4.74 Å². The highest BCUT2D eigenvalue weighted by atomic mass is 16.5. The van der Waals surface area contributed by atoms with Crippen LogP contribution in [0.2, 0.25) is 0 Å². The largest absolute Gasteiger partial charge is 0.383 e. The molecule has 0 saturated carbocycles. The molecule has 3 heteroatoms. The Labute approximate surface area is 129 Å². The minimum atomic E-state index is 0.610. The van der Waals surface area contributed by atoms with Gasteiger partial charge in [-0.15, -0.1) is 0 Å². The van der Waals surface area contributed by atoms with Crippen molar-refractivity contribution >= 4 is 6.08 Å². The number of benzene rings is 1. The van der Waals surface area contributed by atoms with Crippen LogP contribution in [-0.4, -0.2) is 62.3 Å². The lowest BCUT2D eigenvalue weighted by atomic mass is 10.1. The molecule has 0 aromatic heterocycles. The number of hydrogen-bond acceptors (Lipinski definition) is 3. The monoisotopic (exact) mass is 288 g/mol. The average Bonchev–Trinajstić information content (AvgIpc) is 2.47. The van der Waals surface area contributed by atoms with Crippen molar-refractivity contribution in [2.45, 2.75) is 19.9 Å². The number of piperazine rings is 1. The first kappa shape index (κ1) is 16.2. The van der Waals surface area contributed by atoms with Crippen molar-refractivity contribution in [3.05, 3.63) is 41.5 Å². The first-order chi connectivity index (χ1) is 10.2. The highest BCUT2D eigenvalue weighted by Gasteiger charge is 2.22. The van der Waals surface area contributed by atoms with E-state index in [1.54, 1.807) is 7.11 Å².